The summed E-state index contributed by atoms with van der Waals surface area (Å²) in [6, 6.07) is 2.43. The molecule has 0 spiro atoms. The van der Waals surface area contributed by atoms with Crippen LogP contribution >= 0.6 is 23.2 Å². The van der Waals surface area contributed by atoms with Crippen LogP contribution in [0.25, 0.3) is 0 Å². The second kappa shape index (κ2) is 6.28. The molecule has 0 heterocycles. The molecule has 0 unspecified atom stereocenters. The zero-order valence-electron chi connectivity index (χ0n) is 8.37. The van der Waals surface area contributed by atoms with Gasteiger partial charge in [0.05, 0.1) is 8.80 Å². The van der Waals surface area contributed by atoms with Crippen molar-refractivity contribution in [1.29, 1.82) is 0 Å². The van der Waals surface area contributed by atoms with E-state index in [-0.39, 0.29) is 3.96 Å². The van der Waals surface area contributed by atoms with E-state index in [9.17, 15) is 0 Å². The van der Waals surface area contributed by atoms with E-state index in [0.29, 0.717) is 0 Å². The zero-order valence-corrected chi connectivity index (χ0v) is 11.0. The maximum Gasteiger partial charge on any atom is 0.104 e. The maximum atomic E-state index is 6.31. The fraction of sp³-hybridized carbons (Fsp3) is 1.00. The predicted molar refractivity (Wildman–Crippen MR) is 62.1 cm³/mol. The largest absolute Gasteiger partial charge is 0.106 e. The topological polar surface area (TPSA) is 0 Å². The van der Waals surface area contributed by atoms with Crippen LogP contribution in [0.4, 0.5) is 0 Å². The predicted octanol–water partition coefficient (Wildman–Crippen LogP) is 4.16. The molecule has 0 saturated heterocycles. The molecule has 74 valence electrons. The van der Waals surface area contributed by atoms with E-state index in [0.717, 1.165) is 12.8 Å². The van der Waals surface area contributed by atoms with Crippen molar-refractivity contribution in [1.82, 2.24) is 0 Å². The standard InChI is InChI=1S/C9H20Cl2Si/c1-4-7-8-9(10,11)12(5-2)6-3/h12H,4-8H2,1-3H3. The fourth-order valence-electron chi connectivity index (χ4n) is 1.50. The Morgan fingerprint density at radius 1 is 1.08 bits per heavy atom. The minimum atomic E-state index is -0.902. The van der Waals surface area contributed by atoms with Crippen LogP contribution in [0.1, 0.15) is 40.0 Å². The highest BCUT2D eigenvalue weighted by Crippen LogP contribution is 2.33. The Morgan fingerprint density at radius 2 is 1.58 bits per heavy atom. The highest BCUT2D eigenvalue weighted by molar-refractivity contribution is 6.83. The molecule has 0 bridgehead atoms. The van der Waals surface area contributed by atoms with Crippen LogP contribution in [0.5, 0.6) is 0 Å². The average Bonchev–Trinajstić information content (AvgIpc) is 2.03. The van der Waals surface area contributed by atoms with Gasteiger partial charge in [-0.25, -0.2) is 0 Å². The molecule has 0 N–H and O–H groups in total. The summed E-state index contributed by atoms with van der Waals surface area (Å²) < 4.78 is -0.348. The number of unbranched alkanes of at least 4 members (excludes halogenated alkanes) is 1. The van der Waals surface area contributed by atoms with Crippen LogP contribution in [0, 0.1) is 0 Å². The first-order chi connectivity index (χ1) is 5.58. The van der Waals surface area contributed by atoms with E-state index in [4.69, 9.17) is 23.2 Å². The van der Waals surface area contributed by atoms with Gasteiger partial charge < -0.3 is 0 Å². The van der Waals surface area contributed by atoms with Gasteiger partial charge in [0, 0.05) is 0 Å². The smallest absolute Gasteiger partial charge is 0.104 e. The van der Waals surface area contributed by atoms with E-state index < -0.39 is 8.80 Å². The van der Waals surface area contributed by atoms with Crippen molar-refractivity contribution in [2.24, 2.45) is 0 Å². The quantitative estimate of drug-likeness (QED) is 0.472. The molecule has 12 heavy (non-hydrogen) atoms. The summed E-state index contributed by atoms with van der Waals surface area (Å²) in [7, 11) is -0.902. The van der Waals surface area contributed by atoms with Gasteiger partial charge in [-0.1, -0.05) is 45.7 Å². The van der Waals surface area contributed by atoms with Crippen molar-refractivity contribution in [2.45, 2.75) is 56.1 Å². The third-order valence-electron chi connectivity index (χ3n) is 2.45. The number of halogens is 2. The Hall–Kier alpha value is 0.797. The van der Waals surface area contributed by atoms with Crippen LogP contribution in [0.3, 0.4) is 0 Å². The highest BCUT2D eigenvalue weighted by atomic mass is 35.5. The first-order valence-electron chi connectivity index (χ1n) is 4.96. The number of rotatable bonds is 6. The van der Waals surface area contributed by atoms with E-state index in [1.807, 2.05) is 0 Å². The van der Waals surface area contributed by atoms with Crippen molar-refractivity contribution >= 4 is 32.0 Å². The van der Waals surface area contributed by atoms with Crippen molar-refractivity contribution in [3.05, 3.63) is 0 Å². The SMILES string of the molecule is CCCCC(Cl)(Cl)[SiH](CC)CC. The van der Waals surface area contributed by atoms with Crippen LogP contribution < -0.4 is 0 Å². The van der Waals surface area contributed by atoms with E-state index in [1.165, 1.54) is 18.5 Å². The maximum absolute atomic E-state index is 6.31. The first-order valence-corrected chi connectivity index (χ1v) is 7.92. The van der Waals surface area contributed by atoms with Crippen molar-refractivity contribution < 1.29 is 0 Å². The summed E-state index contributed by atoms with van der Waals surface area (Å²) in [6.07, 6.45) is 3.34. The summed E-state index contributed by atoms with van der Waals surface area (Å²) in [4.78, 5) is 0. The molecule has 0 aliphatic rings. The van der Waals surface area contributed by atoms with Crippen molar-refractivity contribution in [3.8, 4) is 0 Å². The lowest BCUT2D eigenvalue weighted by atomic mass is 10.3. The minimum Gasteiger partial charge on any atom is -0.106 e. The van der Waals surface area contributed by atoms with Gasteiger partial charge in [-0.05, 0) is 6.42 Å². The lowest BCUT2D eigenvalue weighted by Crippen LogP contribution is -2.34. The molecule has 0 aliphatic carbocycles. The molecule has 0 radical (unpaired) electrons. The number of hydrogen-bond donors (Lipinski definition) is 0. The van der Waals surface area contributed by atoms with Crippen LogP contribution in [0.15, 0.2) is 0 Å². The third kappa shape index (κ3) is 4.15. The zero-order chi connectivity index (χ0) is 9.61. The van der Waals surface area contributed by atoms with E-state index >= 15 is 0 Å². The minimum absolute atomic E-state index is 0.348. The second-order valence-corrected chi connectivity index (χ2v) is 9.66. The number of alkyl halides is 2. The third-order valence-corrected chi connectivity index (χ3v) is 8.13. The molecule has 0 atom stereocenters. The van der Waals surface area contributed by atoms with Crippen molar-refractivity contribution in [2.75, 3.05) is 0 Å². The van der Waals surface area contributed by atoms with Crippen LogP contribution in [-0.2, 0) is 0 Å². The van der Waals surface area contributed by atoms with Gasteiger partial charge in [0.25, 0.3) is 0 Å². The molecule has 0 saturated carbocycles. The van der Waals surface area contributed by atoms with Gasteiger partial charge in [0.15, 0.2) is 0 Å². The number of hydrogen-bond acceptors (Lipinski definition) is 0. The van der Waals surface area contributed by atoms with E-state index in [2.05, 4.69) is 20.8 Å². The molecule has 0 fully saturated rings. The molecular weight excluding hydrogens is 207 g/mol. The van der Waals surface area contributed by atoms with Gasteiger partial charge in [-0.3, -0.25) is 0 Å². The molecule has 0 rings (SSSR count). The lowest BCUT2D eigenvalue weighted by molar-refractivity contribution is 0.722. The summed E-state index contributed by atoms with van der Waals surface area (Å²) >= 11 is 12.6. The fourth-order valence-corrected chi connectivity index (χ4v) is 6.01. The second-order valence-electron chi connectivity index (χ2n) is 3.38. The normalized spacial score (nSPS) is 12.5. The molecule has 0 aromatic carbocycles. The summed E-state index contributed by atoms with van der Waals surface area (Å²) in [6.45, 7) is 6.61. The monoisotopic (exact) mass is 226 g/mol. The molecule has 3 heteroatoms. The lowest BCUT2D eigenvalue weighted by Gasteiger charge is -2.26. The Labute approximate surface area is 88.2 Å². The van der Waals surface area contributed by atoms with Crippen LogP contribution in [-0.4, -0.2) is 12.8 Å². The molecule has 0 aromatic heterocycles. The summed E-state index contributed by atoms with van der Waals surface area (Å²) in [5.74, 6) is 0. The van der Waals surface area contributed by atoms with Gasteiger partial charge in [0.2, 0.25) is 0 Å². The van der Waals surface area contributed by atoms with Gasteiger partial charge in [0.1, 0.15) is 3.96 Å². The molecular formula is C9H20Cl2Si. The Balaban J connectivity index is 3.96. The summed E-state index contributed by atoms with van der Waals surface area (Å²) in [5.41, 5.74) is 0. The van der Waals surface area contributed by atoms with Crippen LogP contribution in [0.2, 0.25) is 12.1 Å². The highest BCUT2D eigenvalue weighted by Gasteiger charge is 2.32. The molecule has 0 aliphatic heterocycles. The van der Waals surface area contributed by atoms with Gasteiger partial charge in [-0.15, -0.1) is 23.2 Å². The molecule has 0 aromatic rings. The first kappa shape index (κ1) is 12.8. The Bertz CT molecular complexity index is 111. The molecule has 0 amide bonds. The van der Waals surface area contributed by atoms with Gasteiger partial charge in [-0.2, -0.15) is 0 Å². The van der Waals surface area contributed by atoms with Crippen molar-refractivity contribution in [3.63, 3.8) is 0 Å². The Morgan fingerprint density at radius 3 is 1.92 bits per heavy atom. The van der Waals surface area contributed by atoms with Gasteiger partial charge >= 0.3 is 0 Å². The summed E-state index contributed by atoms with van der Waals surface area (Å²) in [5, 5.41) is 0. The van der Waals surface area contributed by atoms with E-state index in [1.54, 1.807) is 0 Å². The molecule has 0 nitrogen and oxygen atoms in total. The Kier molecular flexibility index (Phi) is 6.70. The average molecular weight is 227 g/mol.